The summed E-state index contributed by atoms with van der Waals surface area (Å²) in [6, 6.07) is 4.46. The van der Waals surface area contributed by atoms with Gasteiger partial charge in [-0.15, -0.1) is 0 Å². The van der Waals surface area contributed by atoms with Gasteiger partial charge in [-0.05, 0) is 46.4 Å². The zero-order valence-electron chi connectivity index (χ0n) is 14.5. The third kappa shape index (κ3) is 5.52. The molecule has 1 rings (SSSR count). The molecule has 0 unspecified atom stereocenters. The van der Waals surface area contributed by atoms with Crippen molar-refractivity contribution < 1.29 is 14.5 Å². The average molecular weight is 323 g/mol. The van der Waals surface area contributed by atoms with Gasteiger partial charge in [-0.2, -0.15) is 0 Å². The lowest BCUT2D eigenvalue weighted by atomic mass is 10.1. The molecule has 1 aromatic carbocycles. The minimum Gasteiger partial charge on any atom is -0.490 e. The second-order valence-corrected chi connectivity index (χ2v) is 6.59. The maximum atomic E-state index is 12.2. The molecule has 1 N–H and O–H groups in total. The highest BCUT2D eigenvalue weighted by Crippen LogP contribution is 2.28. The standard InChI is InChI=1S/C16H25N3O4/c1-11(15(20)17-16(2,3)4)18(5)10-12-7-8-14(23-6)13(9-12)19(21)22/h7-9,11H,10H2,1-6H3,(H,17,20)/t11-/m0/s1. The molecule has 0 saturated carbocycles. The zero-order chi connectivity index (χ0) is 17.8. The first-order valence-corrected chi connectivity index (χ1v) is 7.38. The van der Waals surface area contributed by atoms with E-state index in [0.717, 1.165) is 5.56 Å². The number of nitro benzene ring substituents is 1. The van der Waals surface area contributed by atoms with Crippen molar-refractivity contribution >= 4 is 11.6 Å². The fourth-order valence-electron chi connectivity index (χ4n) is 2.08. The molecule has 0 saturated heterocycles. The van der Waals surface area contributed by atoms with Crippen molar-refractivity contribution in [3.8, 4) is 5.75 Å². The Kier molecular flexibility index (Phi) is 6.09. The second kappa shape index (κ2) is 7.41. The molecule has 0 bridgehead atoms. The summed E-state index contributed by atoms with van der Waals surface area (Å²) < 4.78 is 4.99. The van der Waals surface area contributed by atoms with Gasteiger partial charge in [0.1, 0.15) is 0 Å². The molecule has 1 amide bonds. The number of benzene rings is 1. The lowest BCUT2D eigenvalue weighted by molar-refractivity contribution is -0.385. The molecule has 0 heterocycles. The third-order valence-electron chi connectivity index (χ3n) is 3.41. The summed E-state index contributed by atoms with van der Waals surface area (Å²) in [7, 11) is 3.20. The number of likely N-dealkylation sites (N-methyl/N-ethyl adjacent to an activating group) is 1. The van der Waals surface area contributed by atoms with E-state index in [1.54, 1.807) is 19.1 Å². The number of carbonyl (C=O) groups excluding carboxylic acids is 1. The van der Waals surface area contributed by atoms with E-state index in [0.29, 0.717) is 6.54 Å². The van der Waals surface area contributed by atoms with E-state index in [2.05, 4.69) is 5.32 Å². The van der Waals surface area contributed by atoms with Gasteiger partial charge in [-0.1, -0.05) is 6.07 Å². The second-order valence-electron chi connectivity index (χ2n) is 6.59. The van der Waals surface area contributed by atoms with Crippen LogP contribution in [-0.4, -0.2) is 41.5 Å². The summed E-state index contributed by atoms with van der Waals surface area (Å²) in [5.41, 5.74) is 0.367. The number of nitrogens with zero attached hydrogens (tertiary/aromatic N) is 2. The van der Waals surface area contributed by atoms with Crippen LogP contribution in [0.5, 0.6) is 5.75 Å². The quantitative estimate of drug-likeness (QED) is 0.641. The van der Waals surface area contributed by atoms with Gasteiger partial charge in [0.2, 0.25) is 5.91 Å². The molecular weight excluding hydrogens is 298 g/mol. The lowest BCUT2D eigenvalue weighted by Gasteiger charge is -2.28. The number of ether oxygens (including phenoxy) is 1. The highest BCUT2D eigenvalue weighted by atomic mass is 16.6. The topological polar surface area (TPSA) is 84.7 Å². The predicted octanol–water partition coefficient (Wildman–Crippen LogP) is 2.34. The fourth-order valence-corrected chi connectivity index (χ4v) is 2.08. The molecular formula is C16H25N3O4. The van der Waals surface area contributed by atoms with Crippen LogP contribution in [0.1, 0.15) is 33.3 Å². The Balaban J connectivity index is 2.84. The van der Waals surface area contributed by atoms with Crippen molar-refractivity contribution in [2.45, 2.75) is 45.8 Å². The van der Waals surface area contributed by atoms with Crippen molar-refractivity contribution in [1.29, 1.82) is 0 Å². The maximum absolute atomic E-state index is 12.2. The summed E-state index contributed by atoms with van der Waals surface area (Å²) in [6.07, 6.45) is 0. The molecule has 7 heteroatoms. The van der Waals surface area contributed by atoms with E-state index >= 15 is 0 Å². The zero-order valence-corrected chi connectivity index (χ0v) is 14.5. The third-order valence-corrected chi connectivity index (χ3v) is 3.41. The summed E-state index contributed by atoms with van der Waals surface area (Å²) in [5.74, 6) is 0.142. The van der Waals surface area contributed by atoms with Crippen LogP contribution in [0.15, 0.2) is 18.2 Å². The summed E-state index contributed by atoms with van der Waals surface area (Å²) in [6.45, 7) is 7.99. The Hall–Kier alpha value is -2.15. The van der Waals surface area contributed by atoms with Crippen LogP contribution < -0.4 is 10.1 Å². The van der Waals surface area contributed by atoms with Gasteiger partial charge in [0.15, 0.2) is 5.75 Å². The van der Waals surface area contributed by atoms with Crippen LogP contribution >= 0.6 is 0 Å². The first kappa shape index (κ1) is 18.9. The molecule has 0 aliphatic rings. The van der Waals surface area contributed by atoms with Gasteiger partial charge in [-0.25, -0.2) is 0 Å². The SMILES string of the molecule is COc1ccc(CN(C)[C@@H](C)C(=O)NC(C)(C)C)cc1[N+](=O)[O-]. The molecule has 0 fully saturated rings. The number of hydrogen-bond acceptors (Lipinski definition) is 5. The molecule has 0 aliphatic heterocycles. The number of rotatable bonds is 6. The molecule has 0 aliphatic carbocycles. The van der Waals surface area contributed by atoms with Gasteiger partial charge >= 0.3 is 5.69 Å². The van der Waals surface area contributed by atoms with Gasteiger partial charge in [0.05, 0.1) is 18.1 Å². The summed E-state index contributed by atoms with van der Waals surface area (Å²) >= 11 is 0. The number of methoxy groups -OCH3 is 1. The molecule has 1 atom stereocenters. The van der Waals surface area contributed by atoms with Crippen LogP contribution in [0.25, 0.3) is 0 Å². The summed E-state index contributed by atoms with van der Waals surface area (Å²) in [5, 5.41) is 14.0. The number of nitro groups is 1. The fraction of sp³-hybridized carbons (Fsp3) is 0.562. The molecule has 7 nitrogen and oxygen atoms in total. The van der Waals surface area contributed by atoms with Crippen molar-refractivity contribution in [3.05, 3.63) is 33.9 Å². The largest absolute Gasteiger partial charge is 0.490 e. The lowest BCUT2D eigenvalue weighted by Crippen LogP contribution is -2.49. The van der Waals surface area contributed by atoms with Crippen LogP contribution in [0.4, 0.5) is 5.69 Å². The minimum absolute atomic E-state index is 0.0785. The van der Waals surface area contributed by atoms with Crippen molar-refractivity contribution in [3.63, 3.8) is 0 Å². The van der Waals surface area contributed by atoms with Crippen LogP contribution in [0.2, 0.25) is 0 Å². The highest BCUT2D eigenvalue weighted by molar-refractivity contribution is 5.81. The minimum atomic E-state index is -0.474. The Morgan fingerprint density at radius 1 is 1.43 bits per heavy atom. The molecule has 0 aromatic heterocycles. The molecule has 128 valence electrons. The Morgan fingerprint density at radius 3 is 2.52 bits per heavy atom. The molecule has 23 heavy (non-hydrogen) atoms. The van der Waals surface area contributed by atoms with E-state index in [-0.39, 0.29) is 28.9 Å². The van der Waals surface area contributed by atoms with E-state index in [1.165, 1.54) is 13.2 Å². The Labute approximate surface area is 136 Å². The number of nitrogens with one attached hydrogen (secondary N) is 1. The smallest absolute Gasteiger partial charge is 0.311 e. The average Bonchev–Trinajstić information content (AvgIpc) is 2.44. The monoisotopic (exact) mass is 323 g/mol. The normalized spacial score (nSPS) is 12.8. The molecule has 0 spiro atoms. The number of carbonyl (C=O) groups is 1. The molecule has 0 radical (unpaired) electrons. The van der Waals surface area contributed by atoms with E-state index in [9.17, 15) is 14.9 Å². The molecule has 1 aromatic rings. The predicted molar refractivity (Wildman–Crippen MR) is 88.5 cm³/mol. The van der Waals surface area contributed by atoms with E-state index in [4.69, 9.17) is 4.74 Å². The van der Waals surface area contributed by atoms with Crippen molar-refractivity contribution in [1.82, 2.24) is 10.2 Å². The van der Waals surface area contributed by atoms with Crippen LogP contribution in [-0.2, 0) is 11.3 Å². The Bertz CT molecular complexity index is 581. The van der Waals surface area contributed by atoms with Crippen molar-refractivity contribution in [2.75, 3.05) is 14.2 Å². The number of hydrogen-bond donors (Lipinski definition) is 1. The first-order chi connectivity index (χ1) is 10.5. The van der Waals surface area contributed by atoms with Gasteiger partial charge < -0.3 is 10.1 Å². The van der Waals surface area contributed by atoms with Gasteiger partial charge in [-0.3, -0.25) is 19.8 Å². The van der Waals surface area contributed by atoms with Crippen molar-refractivity contribution in [2.24, 2.45) is 0 Å². The van der Waals surface area contributed by atoms with E-state index < -0.39 is 4.92 Å². The van der Waals surface area contributed by atoms with Crippen LogP contribution in [0, 0.1) is 10.1 Å². The first-order valence-electron chi connectivity index (χ1n) is 7.38. The van der Waals surface area contributed by atoms with Gasteiger partial charge in [0.25, 0.3) is 0 Å². The number of amides is 1. The maximum Gasteiger partial charge on any atom is 0.311 e. The highest BCUT2D eigenvalue weighted by Gasteiger charge is 2.23. The van der Waals surface area contributed by atoms with Crippen LogP contribution in [0.3, 0.4) is 0 Å². The van der Waals surface area contributed by atoms with Gasteiger partial charge in [0, 0.05) is 18.2 Å². The van der Waals surface area contributed by atoms with E-state index in [1.807, 2.05) is 32.7 Å². The Morgan fingerprint density at radius 2 is 2.04 bits per heavy atom. The summed E-state index contributed by atoms with van der Waals surface area (Å²) in [4.78, 5) is 24.6.